The Morgan fingerprint density at radius 2 is 2.06 bits per heavy atom. The summed E-state index contributed by atoms with van der Waals surface area (Å²) in [6.07, 6.45) is 17.0. The fraction of sp³-hybridized carbons (Fsp3) is 0.688. The molecule has 0 bridgehead atoms. The predicted octanol–water partition coefficient (Wildman–Crippen LogP) is 5.40. The van der Waals surface area contributed by atoms with Crippen LogP contribution in [0.25, 0.3) is 0 Å². The van der Waals surface area contributed by atoms with Crippen LogP contribution in [0.5, 0.6) is 0 Å². The summed E-state index contributed by atoms with van der Waals surface area (Å²) in [5.74, 6) is 0.659. The van der Waals surface area contributed by atoms with E-state index in [9.17, 15) is 0 Å². The van der Waals surface area contributed by atoms with E-state index < -0.39 is 0 Å². The molecule has 0 aromatic rings. The van der Waals surface area contributed by atoms with E-state index in [-0.39, 0.29) is 0 Å². The maximum absolute atomic E-state index is 8.44. The fourth-order valence-corrected chi connectivity index (χ4v) is 1.93. The summed E-state index contributed by atoms with van der Waals surface area (Å²) in [6, 6.07) is 2.18. The van der Waals surface area contributed by atoms with E-state index in [1.54, 1.807) is 0 Å². The SMILES string of the molecule is C=CCC(/C=C/CCCC#N)CCCCCC. The van der Waals surface area contributed by atoms with Gasteiger partial charge < -0.3 is 0 Å². The molecule has 0 spiro atoms. The zero-order valence-electron chi connectivity index (χ0n) is 11.3. The minimum absolute atomic E-state index is 0.659. The summed E-state index contributed by atoms with van der Waals surface area (Å²) >= 11 is 0. The molecule has 0 amide bonds. The van der Waals surface area contributed by atoms with Crippen LogP contribution in [0, 0.1) is 17.2 Å². The van der Waals surface area contributed by atoms with Crippen molar-refractivity contribution in [2.75, 3.05) is 0 Å². The summed E-state index contributed by atoms with van der Waals surface area (Å²) in [7, 11) is 0. The molecule has 96 valence electrons. The zero-order chi connectivity index (χ0) is 12.8. The Hall–Kier alpha value is -1.03. The van der Waals surface area contributed by atoms with E-state index in [0.29, 0.717) is 12.3 Å². The van der Waals surface area contributed by atoms with Crippen LogP contribution in [-0.2, 0) is 0 Å². The van der Waals surface area contributed by atoms with Gasteiger partial charge in [-0.3, -0.25) is 0 Å². The maximum atomic E-state index is 8.44. The zero-order valence-corrected chi connectivity index (χ0v) is 11.3. The molecule has 0 saturated heterocycles. The van der Waals surface area contributed by atoms with Crippen molar-refractivity contribution in [2.24, 2.45) is 5.92 Å². The van der Waals surface area contributed by atoms with Gasteiger partial charge >= 0.3 is 0 Å². The van der Waals surface area contributed by atoms with Crippen LogP contribution in [-0.4, -0.2) is 0 Å². The van der Waals surface area contributed by atoms with Gasteiger partial charge in [-0.25, -0.2) is 0 Å². The second-order valence-electron chi connectivity index (χ2n) is 4.61. The van der Waals surface area contributed by atoms with Gasteiger partial charge in [-0.2, -0.15) is 5.26 Å². The third kappa shape index (κ3) is 11.2. The molecule has 1 atom stereocenters. The summed E-state index contributed by atoms with van der Waals surface area (Å²) in [4.78, 5) is 0. The normalized spacial score (nSPS) is 12.5. The topological polar surface area (TPSA) is 23.8 Å². The van der Waals surface area contributed by atoms with Gasteiger partial charge in [-0.15, -0.1) is 6.58 Å². The van der Waals surface area contributed by atoms with Crippen LogP contribution < -0.4 is 0 Å². The lowest BCUT2D eigenvalue weighted by molar-refractivity contribution is 0.533. The van der Waals surface area contributed by atoms with Crippen molar-refractivity contribution in [3.05, 3.63) is 24.8 Å². The molecule has 0 saturated carbocycles. The van der Waals surface area contributed by atoms with E-state index >= 15 is 0 Å². The molecule has 0 aliphatic carbocycles. The molecule has 1 unspecified atom stereocenters. The molecule has 0 fully saturated rings. The third-order valence-electron chi connectivity index (χ3n) is 2.97. The third-order valence-corrected chi connectivity index (χ3v) is 2.97. The Kier molecular flexibility index (Phi) is 12.2. The molecule has 1 heteroatoms. The second-order valence-corrected chi connectivity index (χ2v) is 4.61. The van der Waals surface area contributed by atoms with Crippen LogP contribution in [0.3, 0.4) is 0 Å². The van der Waals surface area contributed by atoms with Gasteiger partial charge in [0.2, 0.25) is 0 Å². The molecular formula is C16H27N. The Morgan fingerprint density at radius 1 is 1.24 bits per heavy atom. The van der Waals surface area contributed by atoms with Crippen LogP contribution in [0.4, 0.5) is 0 Å². The van der Waals surface area contributed by atoms with Crippen molar-refractivity contribution < 1.29 is 0 Å². The molecule has 0 heterocycles. The lowest BCUT2D eigenvalue weighted by Crippen LogP contribution is -1.95. The predicted molar refractivity (Wildman–Crippen MR) is 75.7 cm³/mol. The molecule has 1 nitrogen and oxygen atoms in total. The highest BCUT2D eigenvalue weighted by atomic mass is 14.2. The minimum Gasteiger partial charge on any atom is -0.198 e. The van der Waals surface area contributed by atoms with Crippen molar-refractivity contribution in [1.29, 1.82) is 5.26 Å². The van der Waals surface area contributed by atoms with Gasteiger partial charge in [0.05, 0.1) is 6.07 Å². The average Bonchev–Trinajstić information content (AvgIpc) is 2.34. The highest BCUT2D eigenvalue weighted by Gasteiger charge is 2.01. The maximum Gasteiger partial charge on any atom is 0.0621 e. The van der Waals surface area contributed by atoms with Gasteiger partial charge in [-0.1, -0.05) is 50.8 Å². The monoisotopic (exact) mass is 233 g/mol. The Morgan fingerprint density at radius 3 is 2.71 bits per heavy atom. The highest BCUT2D eigenvalue weighted by molar-refractivity contribution is 4.92. The molecule has 17 heavy (non-hydrogen) atoms. The van der Waals surface area contributed by atoms with Gasteiger partial charge in [0.25, 0.3) is 0 Å². The molecule has 0 N–H and O–H groups in total. The van der Waals surface area contributed by atoms with Gasteiger partial charge in [0.15, 0.2) is 0 Å². The van der Waals surface area contributed by atoms with E-state index in [1.165, 1.54) is 32.1 Å². The van der Waals surface area contributed by atoms with E-state index in [0.717, 1.165) is 19.3 Å². The number of hydrogen-bond acceptors (Lipinski definition) is 1. The molecule has 0 aromatic heterocycles. The fourth-order valence-electron chi connectivity index (χ4n) is 1.93. The number of nitriles is 1. The van der Waals surface area contributed by atoms with Crippen molar-refractivity contribution in [3.63, 3.8) is 0 Å². The molecular weight excluding hydrogens is 206 g/mol. The van der Waals surface area contributed by atoms with Gasteiger partial charge in [-0.05, 0) is 31.6 Å². The molecule has 0 rings (SSSR count). The molecule has 0 aliphatic heterocycles. The van der Waals surface area contributed by atoms with Gasteiger partial charge in [0.1, 0.15) is 0 Å². The van der Waals surface area contributed by atoms with Gasteiger partial charge in [0, 0.05) is 6.42 Å². The lowest BCUT2D eigenvalue weighted by Gasteiger charge is -2.09. The summed E-state index contributed by atoms with van der Waals surface area (Å²) in [5, 5.41) is 8.44. The van der Waals surface area contributed by atoms with Crippen LogP contribution >= 0.6 is 0 Å². The standard InChI is InChI=1S/C16H27N/c1-3-5-6-9-13-16(12-4-2)14-10-7-8-11-15-17/h4,10,14,16H,2-3,5-9,11-13H2,1H3/b14-10+. The van der Waals surface area contributed by atoms with Crippen molar-refractivity contribution in [1.82, 2.24) is 0 Å². The Bertz CT molecular complexity index is 234. The molecule has 0 radical (unpaired) electrons. The minimum atomic E-state index is 0.659. The number of hydrogen-bond donors (Lipinski definition) is 0. The van der Waals surface area contributed by atoms with Crippen molar-refractivity contribution in [2.45, 2.75) is 64.7 Å². The average molecular weight is 233 g/mol. The summed E-state index contributed by atoms with van der Waals surface area (Å²) in [6.45, 7) is 6.07. The number of rotatable bonds is 11. The summed E-state index contributed by atoms with van der Waals surface area (Å²) < 4.78 is 0. The molecule has 0 aromatic carbocycles. The molecule has 0 aliphatic rings. The smallest absolute Gasteiger partial charge is 0.0621 e. The van der Waals surface area contributed by atoms with Crippen molar-refractivity contribution >= 4 is 0 Å². The number of allylic oxidation sites excluding steroid dienone is 3. The quantitative estimate of drug-likeness (QED) is 0.346. The van der Waals surface area contributed by atoms with Crippen molar-refractivity contribution in [3.8, 4) is 6.07 Å². The first-order chi connectivity index (χ1) is 8.35. The van der Waals surface area contributed by atoms with E-state index in [4.69, 9.17) is 5.26 Å². The first kappa shape index (κ1) is 16.0. The highest BCUT2D eigenvalue weighted by Crippen LogP contribution is 2.17. The first-order valence-electron chi connectivity index (χ1n) is 6.99. The summed E-state index contributed by atoms with van der Waals surface area (Å²) in [5.41, 5.74) is 0. The number of unbranched alkanes of at least 4 members (excludes halogenated alkanes) is 5. The van der Waals surface area contributed by atoms with E-state index in [2.05, 4.69) is 31.7 Å². The first-order valence-corrected chi connectivity index (χ1v) is 6.99. The largest absolute Gasteiger partial charge is 0.198 e. The van der Waals surface area contributed by atoms with Crippen LogP contribution in [0.2, 0.25) is 0 Å². The van der Waals surface area contributed by atoms with Crippen LogP contribution in [0.1, 0.15) is 64.7 Å². The van der Waals surface area contributed by atoms with E-state index in [1.807, 2.05) is 6.08 Å². The lowest BCUT2D eigenvalue weighted by atomic mass is 9.96. The Balaban J connectivity index is 3.72. The Labute approximate surface area is 107 Å². The second kappa shape index (κ2) is 13.0. The number of nitrogens with zero attached hydrogens (tertiary/aromatic N) is 1. The van der Waals surface area contributed by atoms with Crippen LogP contribution in [0.15, 0.2) is 24.8 Å².